The molecule has 0 radical (unpaired) electrons. The Bertz CT molecular complexity index is 1470. The van der Waals surface area contributed by atoms with Crippen LogP contribution in [-0.2, 0) is 9.53 Å². The van der Waals surface area contributed by atoms with Gasteiger partial charge >= 0.3 is 5.97 Å². The molecule has 11 heteroatoms. The van der Waals surface area contributed by atoms with Gasteiger partial charge in [0.15, 0.2) is 5.82 Å². The van der Waals surface area contributed by atoms with Gasteiger partial charge in [0.05, 0.1) is 11.6 Å². The lowest BCUT2D eigenvalue weighted by Gasteiger charge is -2.13. The molecule has 4 aromatic rings. The molecule has 4 rings (SSSR count). The predicted octanol–water partition coefficient (Wildman–Crippen LogP) is 6.69. The fourth-order valence-electron chi connectivity index (χ4n) is 3.49. The van der Waals surface area contributed by atoms with E-state index in [1.165, 1.54) is 41.2 Å². The van der Waals surface area contributed by atoms with E-state index in [1.54, 1.807) is 44.2 Å². The summed E-state index contributed by atoms with van der Waals surface area (Å²) in [6.45, 7) is 3.61. The fourth-order valence-corrected chi connectivity index (χ4v) is 3.67. The van der Waals surface area contributed by atoms with Gasteiger partial charge in [-0.2, -0.15) is 10.1 Å². The summed E-state index contributed by atoms with van der Waals surface area (Å²) < 4.78 is 46.5. The maximum Gasteiger partial charge on any atom is 0.330 e. The summed E-state index contributed by atoms with van der Waals surface area (Å²) in [5.41, 5.74) is 2.33. The minimum absolute atomic E-state index is 0.0842. The van der Waals surface area contributed by atoms with Crippen LogP contribution < -0.4 is 5.32 Å². The molecule has 0 spiro atoms. The zero-order valence-electron chi connectivity index (χ0n) is 19.8. The van der Waals surface area contributed by atoms with Gasteiger partial charge in [-0.15, -0.1) is 0 Å². The number of benzene rings is 2. The van der Waals surface area contributed by atoms with Gasteiger partial charge in [-0.1, -0.05) is 29.8 Å². The molecule has 0 amide bonds. The Morgan fingerprint density at radius 2 is 2.03 bits per heavy atom. The summed E-state index contributed by atoms with van der Waals surface area (Å²) in [5.74, 6) is -0.692. The average Bonchev–Trinajstić information content (AvgIpc) is 3.27. The first-order chi connectivity index (χ1) is 17.7. The van der Waals surface area contributed by atoms with E-state index in [0.29, 0.717) is 28.1 Å². The smallest absolute Gasteiger partial charge is 0.330 e. The van der Waals surface area contributed by atoms with E-state index in [9.17, 15) is 18.0 Å². The maximum atomic E-state index is 13.6. The second-order valence-corrected chi connectivity index (χ2v) is 8.23. The Labute approximate surface area is 215 Å². The van der Waals surface area contributed by atoms with Crippen molar-refractivity contribution in [1.82, 2.24) is 19.7 Å². The van der Waals surface area contributed by atoms with Gasteiger partial charge in [0, 0.05) is 29.2 Å². The van der Waals surface area contributed by atoms with E-state index < -0.39 is 23.9 Å². The van der Waals surface area contributed by atoms with Gasteiger partial charge < -0.3 is 10.1 Å². The Morgan fingerprint density at radius 1 is 1.22 bits per heavy atom. The van der Waals surface area contributed by atoms with Crippen molar-refractivity contribution in [3.63, 3.8) is 0 Å². The third-order valence-corrected chi connectivity index (χ3v) is 5.46. The third-order valence-electron chi connectivity index (χ3n) is 5.17. The minimum atomic E-state index is -2.76. The molecule has 2 heterocycles. The summed E-state index contributed by atoms with van der Waals surface area (Å²) in [6, 6.07) is 12.5. The van der Waals surface area contributed by atoms with Crippen molar-refractivity contribution in [3.05, 3.63) is 88.6 Å². The number of nitrogens with one attached hydrogen (secondary N) is 1. The lowest BCUT2D eigenvalue weighted by Crippen LogP contribution is -2.08. The SMILES string of the molecule is CCOC(=O)C=Cc1cccc(-c2cnc(Nc3ccc(F)c(Cl)c3)nc2-n2nc(C(F)F)cc2C)c1. The molecular formula is C26H21ClF3N5O2. The van der Waals surface area contributed by atoms with Crippen molar-refractivity contribution in [2.75, 3.05) is 11.9 Å². The van der Waals surface area contributed by atoms with Crippen molar-refractivity contribution >= 4 is 35.3 Å². The number of alkyl halides is 2. The zero-order chi connectivity index (χ0) is 26.5. The lowest BCUT2D eigenvalue weighted by molar-refractivity contribution is -0.137. The predicted molar refractivity (Wildman–Crippen MR) is 135 cm³/mol. The molecule has 0 saturated carbocycles. The minimum Gasteiger partial charge on any atom is -0.463 e. The van der Waals surface area contributed by atoms with Crippen LogP contribution in [0.15, 0.2) is 60.8 Å². The topological polar surface area (TPSA) is 81.9 Å². The van der Waals surface area contributed by atoms with E-state index in [-0.39, 0.29) is 23.4 Å². The standard InChI is InChI=1S/C26H21ClF3N5O2/c1-3-37-23(36)10-7-16-5-4-6-17(12-16)19-14-31-26(32-18-8-9-21(28)20(27)13-18)33-25(19)35-15(2)11-22(34-35)24(29)30/h4-14,24H,3H2,1-2H3,(H,31,32,33). The highest BCUT2D eigenvalue weighted by Crippen LogP contribution is 2.30. The van der Waals surface area contributed by atoms with Crippen molar-refractivity contribution in [3.8, 4) is 16.9 Å². The first-order valence-corrected chi connectivity index (χ1v) is 11.5. The summed E-state index contributed by atoms with van der Waals surface area (Å²) in [4.78, 5) is 20.6. The largest absolute Gasteiger partial charge is 0.463 e. The molecule has 0 bridgehead atoms. The number of hydrogen-bond acceptors (Lipinski definition) is 6. The Kier molecular flexibility index (Phi) is 7.88. The first-order valence-electron chi connectivity index (χ1n) is 11.1. The lowest BCUT2D eigenvalue weighted by atomic mass is 10.0. The van der Waals surface area contributed by atoms with Gasteiger partial charge in [0.1, 0.15) is 11.5 Å². The van der Waals surface area contributed by atoms with Gasteiger partial charge in [-0.25, -0.2) is 27.6 Å². The molecule has 1 N–H and O–H groups in total. The van der Waals surface area contributed by atoms with E-state index in [4.69, 9.17) is 16.3 Å². The molecular weight excluding hydrogens is 507 g/mol. The molecule has 0 unspecified atom stereocenters. The van der Waals surface area contributed by atoms with Crippen LogP contribution in [0.25, 0.3) is 23.0 Å². The fraction of sp³-hybridized carbons (Fsp3) is 0.154. The highest BCUT2D eigenvalue weighted by Gasteiger charge is 2.19. The van der Waals surface area contributed by atoms with E-state index in [0.717, 1.165) is 0 Å². The molecule has 0 aliphatic heterocycles. The van der Waals surface area contributed by atoms with Gasteiger partial charge in [0.2, 0.25) is 5.95 Å². The number of carbonyl (C=O) groups excluding carboxylic acids is 1. The number of anilines is 2. The van der Waals surface area contributed by atoms with Crippen molar-refractivity contribution in [2.45, 2.75) is 20.3 Å². The molecule has 0 atom stereocenters. The summed E-state index contributed by atoms with van der Waals surface area (Å²) in [6.07, 6.45) is 1.67. The van der Waals surface area contributed by atoms with Crippen LogP contribution in [-0.4, -0.2) is 32.3 Å². The number of aromatic nitrogens is 4. The second kappa shape index (κ2) is 11.3. The van der Waals surface area contributed by atoms with E-state index in [1.807, 2.05) is 0 Å². The summed E-state index contributed by atoms with van der Waals surface area (Å²) >= 11 is 5.87. The summed E-state index contributed by atoms with van der Waals surface area (Å²) in [5, 5.41) is 6.90. The van der Waals surface area contributed by atoms with Crippen LogP contribution in [0.2, 0.25) is 5.02 Å². The molecule has 190 valence electrons. The first kappa shape index (κ1) is 25.9. The molecule has 2 aromatic heterocycles. The van der Waals surface area contributed by atoms with Gasteiger partial charge in [0.25, 0.3) is 6.43 Å². The molecule has 0 saturated heterocycles. The Morgan fingerprint density at radius 3 is 2.73 bits per heavy atom. The summed E-state index contributed by atoms with van der Waals surface area (Å²) in [7, 11) is 0. The number of rotatable bonds is 8. The van der Waals surface area contributed by atoms with Crippen LogP contribution in [0.4, 0.5) is 24.8 Å². The molecule has 37 heavy (non-hydrogen) atoms. The molecule has 2 aromatic carbocycles. The van der Waals surface area contributed by atoms with Crippen molar-refractivity contribution in [1.29, 1.82) is 0 Å². The molecule has 7 nitrogen and oxygen atoms in total. The molecule has 0 fully saturated rings. The second-order valence-electron chi connectivity index (χ2n) is 7.82. The molecule has 0 aliphatic rings. The maximum absolute atomic E-state index is 13.6. The highest BCUT2D eigenvalue weighted by molar-refractivity contribution is 6.31. The van der Waals surface area contributed by atoms with Crippen LogP contribution in [0.1, 0.15) is 30.3 Å². The van der Waals surface area contributed by atoms with E-state index in [2.05, 4.69) is 20.4 Å². The van der Waals surface area contributed by atoms with Crippen LogP contribution in [0.3, 0.4) is 0 Å². The number of hydrogen-bond donors (Lipinski definition) is 1. The van der Waals surface area contributed by atoms with Crippen LogP contribution in [0.5, 0.6) is 0 Å². The number of aryl methyl sites for hydroxylation is 1. The van der Waals surface area contributed by atoms with Gasteiger partial charge in [-0.3, -0.25) is 0 Å². The number of carbonyl (C=O) groups is 1. The monoisotopic (exact) mass is 527 g/mol. The number of esters is 1. The van der Waals surface area contributed by atoms with Gasteiger partial charge in [-0.05, 0) is 61.4 Å². The normalized spacial score (nSPS) is 11.3. The molecule has 0 aliphatic carbocycles. The highest BCUT2D eigenvalue weighted by atomic mass is 35.5. The van der Waals surface area contributed by atoms with E-state index >= 15 is 0 Å². The Balaban J connectivity index is 1.78. The zero-order valence-corrected chi connectivity index (χ0v) is 20.5. The van der Waals surface area contributed by atoms with Crippen molar-refractivity contribution in [2.24, 2.45) is 0 Å². The quantitative estimate of drug-likeness (QED) is 0.203. The van der Waals surface area contributed by atoms with Crippen LogP contribution in [0, 0.1) is 12.7 Å². The number of nitrogens with zero attached hydrogens (tertiary/aromatic N) is 4. The van der Waals surface area contributed by atoms with Crippen molar-refractivity contribution < 1.29 is 22.7 Å². The average molecular weight is 528 g/mol. The number of halogens is 4. The third kappa shape index (κ3) is 6.15. The van der Waals surface area contributed by atoms with Crippen LogP contribution >= 0.6 is 11.6 Å². The number of ether oxygens (including phenoxy) is 1. The Hall–Kier alpha value is -4.18.